The van der Waals surface area contributed by atoms with Crippen molar-refractivity contribution in [2.45, 2.75) is 6.92 Å². The molecule has 0 radical (unpaired) electrons. The molecular weight excluding hydrogens is 244 g/mol. The van der Waals surface area contributed by atoms with E-state index in [0.29, 0.717) is 5.75 Å². The summed E-state index contributed by atoms with van der Waals surface area (Å²) < 4.78 is 0. The Morgan fingerprint density at radius 3 is 2.94 bits per heavy atom. The topological polar surface area (TPSA) is 72.0 Å². The summed E-state index contributed by atoms with van der Waals surface area (Å²) in [5.41, 5.74) is 4.74. The highest BCUT2D eigenvalue weighted by atomic mass is 32.2. The zero-order chi connectivity index (χ0) is 13.4. The lowest BCUT2D eigenvalue weighted by atomic mass is 10.2. The molecule has 0 aliphatic carbocycles. The first-order valence-corrected chi connectivity index (χ1v) is 6.29. The molecular formula is C13H14N4S. The van der Waals surface area contributed by atoms with Crippen LogP contribution < -0.4 is 5.43 Å². The predicted molar refractivity (Wildman–Crippen MR) is 78.2 cm³/mol. The molecule has 0 aliphatic heterocycles. The van der Waals surface area contributed by atoms with E-state index in [2.05, 4.69) is 17.1 Å². The third kappa shape index (κ3) is 4.07. The van der Waals surface area contributed by atoms with E-state index < -0.39 is 0 Å². The second kappa shape index (κ2) is 7.30. The van der Waals surface area contributed by atoms with Crippen molar-refractivity contribution in [3.8, 4) is 6.07 Å². The Hall–Kier alpha value is -2.06. The number of anilines is 1. The van der Waals surface area contributed by atoms with E-state index in [0.717, 1.165) is 11.3 Å². The number of benzene rings is 1. The van der Waals surface area contributed by atoms with Gasteiger partial charge < -0.3 is 0 Å². The van der Waals surface area contributed by atoms with Crippen molar-refractivity contribution in [1.82, 2.24) is 0 Å². The second-order valence-corrected chi connectivity index (χ2v) is 4.46. The van der Waals surface area contributed by atoms with E-state index in [4.69, 9.17) is 10.7 Å². The summed E-state index contributed by atoms with van der Waals surface area (Å²) in [6, 6.07) is 9.54. The van der Waals surface area contributed by atoms with E-state index >= 15 is 0 Å². The lowest BCUT2D eigenvalue weighted by molar-refractivity contribution is 1.30. The van der Waals surface area contributed by atoms with Crippen LogP contribution >= 0.6 is 11.8 Å². The highest BCUT2D eigenvalue weighted by Crippen LogP contribution is 2.13. The van der Waals surface area contributed by atoms with Gasteiger partial charge in [-0.2, -0.15) is 10.4 Å². The van der Waals surface area contributed by atoms with Gasteiger partial charge >= 0.3 is 0 Å². The van der Waals surface area contributed by atoms with Gasteiger partial charge in [-0.15, -0.1) is 6.58 Å². The van der Waals surface area contributed by atoms with Gasteiger partial charge in [-0.05, 0) is 18.6 Å². The lowest BCUT2D eigenvalue weighted by Crippen LogP contribution is -2.10. The summed E-state index contributed by atoms with van der Waals surface area (Å²) in [5, 5.41) is 20.7. The summed E-state index contributed by atoms with van der Waals surface area (Å²) in [7, 11) is 0. The van der Waals surface area contributed by atoms with Gasteiger partial charge in [0.05, 0.1) is 5.69 Å². The molecule has 0 atom stereocenters. The maximum atomic E-state index is 8.94. The summed E-state index contributed by atoms with van der Waals surface area (Å²) in [6.45, 7) is 5.51. The molecule has 0 fully saturated rings. The van der Waals surface area contributed by atoms with Crippen LogP contribution in [0.2, 0.25) is 0 Å². The average Bonchev–Trinajstić information content (AvgIpc) is 2.39. The molecule has 1 aromatic carbocycles. The first-order valence-electron chi connectivity index (χ1n) is 5.31. The van der Waals surface area contributed by atoms with E-state index in [9.17, 15) is 0 Å². The van der Waals surface area contributed by atoms with E-state index in [1.165, 1.54) is 11.8 Å². The third-order valence-electron chi connectivity index (χ3n) is 2.10. The van der Waals surface area contributed by atoms with Crippen LogP contribution in [-0.4, -0.2) is 16.5 Å². The molecule has 0 spiro atoms. The third-order valence-corrected chi connectivity index (χ3v) is 2.98. The molecule has 1 aromatic rings. The Morgan fingerprint density at radius 2 is 2.33 bits per heavy atom. The van der Waals surface area contributed by atoms with Gasteiger partial charge in [0, 0.05) is 5.75 Å². The number of hydrazone groups is 1. The molecule has 0 saturated carbocycles. The van der Waals surface area contributed by atoms with Crippen LogP contribution in [0.4, 0.5) is 5.69 Å². The molecule has 0 saturated heterocycles. The molecule has 2 N–H and O–H groups in total. The van der Waals surface area contributed by atoms with Crippen LogP contribution in [0.1, 0.15) is 5.56 Å². The van der Waals surface area contributed by atoms with Crippen molar-refractivity contribution in [2.75, 3.05) is 11.2 Å². The molecule has 92 valence electrons. The number of aryl methyl sites for hydroxylation is 1. The molecule has 0 bridgehead atoms. The SMILES string of the molecule is C=CCSC(=N)C(C#N)=NNc1ccccc1C. The van der Waals surface area contributed by atoms with Crippen molar-refractivity contribution in [1.29, 1.82) is 10.7 Å². The van der Waals surface area contributed by atoms with E-state index in [1.807, 2.05) is 37.3 Å². The fourth-order valence-electron chi connectivity index (χ4n) is 1.15. The van der Waals surface area contributed by atoms with Gasteiger partial charge in [0.25, 0.3) is 0 Å². The zero-order valence-corrected chi connectivity index (χ0v) is 10.9. The fraction of sp³-hybridized carbons (Fsp3) is 0.154. The van der Waals surface area contributed by atoms with Gasteiger partial charge in [-0.1, -0.05) is 36.0 Å². The monoisotopic (exact) mass is 258 g/mol. The first kappa shape index (κ1) is 14.0. The molecule has 18 heavy (non-hydrogen) atoms. The molecule has 5 heteroatoms. The number of rotatable bonds is 5. The van der Waals surface area contributed by atoms with Crippen molar-refractivity contribution < 1.29 is 0 Å². The molecule has 1 rings (SSSR count). The number of nitrogens with one attached hydrogen (secondary N) is 2. The van der Waals surface area contributed by atoms with Crippen molar-refractivity contribution in [3.05, 3.63) is 42.5 Å². The van der Waals surface area contributed by atoms with Gasteiger partial charge in [-0.3, -0.25) is 10.8 Å². The number of para-hydroxylation sites is 1. The smallest absolute Gasteiger partial charge is 0.192 e. The highest BCUT2D eigenvalue weighted by molar-refractivity contribution is 8.15. The zero-order valence-electron chi connectivity index (χ0n) is 10.1. The van der Waals surface area contributed by atoms with Crippen LogP contribution in [0.25, 0.3) is 0 Å². The number of nitriles is 1. The standard InChI is InChI=1S/C13H14N4S/c1-3-8-18-13(15)12(9-14)17-16-11-7-5-4-6-10(11)2/h3-7,15-16H,1,8H2,2H3. The number of hydrogen-bond donors (Lipinski definition) is 2. The minimum Gasteiger partial charge on any atom is -0.291 e. The second-order valence-electron chi connectivity index (χ2n) is 3.43. The van der Waals surface area contributed by atoms with Gasteiger partial charge in [-0.25, -0.2) is 0 Å². The first-order chi connectivity index (χ1) is 8.69. The fourth-order valence-corrected chi connectivity index (χ4v) is 1.66. The summed E-state index contributed by atoms with van der Waals surface area (Å²) >= 11 is 1.22. The normalized spacial score (nSPS) is 10.6. The lowest BCUT2D eigenvalue weighted by Gasteiger charge is -2.05. The molecule has 0 unspecified atom stereocenters. The van der Waals surface area contributed by atoms with Crippen LogP contribution in [0, 0.1) is 23.7 Å². The Morgan fingerprint density at radius 1 is 1.61 bits per heavy atom. The Labute approximate surface area is 111 Å². The molecule has 0 heterocycles. The average molecular weight is 258 g/mol. The van der Waals surface area contributed by atoms with Crippen LogP contribution in [0.3, 0.4) is 0 Å². The van der Waals surface area contributed by atoms with Gasteiger partial charge in [0.15, 0.2) is 5.71 Å². The van der Waals surface area contributed by atoms with E-state index in [-0.39, 0.29) is 10.8 Å². The number of hydrogen-bond acceptors (Lipinski definition) is 5. The number of nitrogens with zero attached hydrogens (tertiary/aromatic N) is 2. The quantitative estimate of drug-likeness (QED) is 0.369. The molecule has 4 nitrogen and oxygen atoms in total. The van der Waals surface area contributed by atoms with Gasteiger partial charge in [0.1, 0.15) is 11.1 Å². The highest BCUT2D eigenvalue weighted by Gasteiger charge is 2.06. The maximum Gasteiger partial charge on any atom is 0.192 e. The van der Waals surface area contributed by atoms with Crippen LogP contribution in [0.15, 0.2) is 42.0 Å². The van der Waals surface area contributed by atoms with Crippen LogP contribution in [0.5, 0.6) is 0 Å². The molecule has 0 aliphatic rings. The summed E-state index contributed by atoms with van der Waals surface area (Å²) in [6.07, 6.45) is 1.68. The van der Waals surface area contributed by atoms with Crippen molar-refractivity contribution >= 4 is 28.2 Å². The predicted octanol–water partition coefficient (Wildman–Crippen LogP) is 3.18. The van der Waals surface area contributed by atoms with E-state index in [1.54, 1.807) is 6.08 Å². The minimum absolute atomic E-state index is 0.0742. The van der Waals surface area contributed by atoms with Crippen LogP contribution in [-0.2, 0) is 0 Å². The van der Waals surface area contributed by atoms with Crippen molar-refractivity contribution in [2.24, 2.45) is 5.10 Å². The molecule has 0 amide bonds. The summed E-state index contributed by atoms with van der Waals surface area (Å²) in [5.74, 6) is 0.587. The minimum atomic E-state index is 0.0742. The largest absolute Gasteiger partial charge is 0.291 e. The summed E-state index contributed by atoms with van der Waals surface area (Å²) in [4.78, 5) is 0. The Bertz CT molecular complexity index is 514. The molecule has 0 aromatic heterocycles. The Kier molecular flexibility index (Phi) is 5.68. The maximum absolute atomic E-state index is 8.94. The Balaban J connectivity index is 2.75. The van der Waals surface area contributed by atoms with Gasteiger partial charge in [0.2, 0.25) is 0 Å². The number of thioether (sulfide) groups is 1. The van der Waals surface area contributed by atoms with Crippen molar-refractivity contribution in [3.63, 3.8) is 0 Å².